The lowest BCUT2D eigenvalue weighted by Gasteiger charge is -2.19. The van der Waals surface area contributed by atoms with E-state index in [1.165, 1.54) is 0 Å². The van der Waals surface area contributed by atoms with Crippen molar-refractivity contribution in [1.29, 1.82) is 0 Å². The van der Waals surface area contributed by atoms with E-state index in [0.717, 1.165) is 16.8 Å². The van der Waals surface area contributed by atoms with Crippen LogP contribution in [0, 0.1) is 12.8 Å². The average Bonchev–Trinajstić information content (AvgIpc) is 3.07. The summed E-state index contributed by atoms with van der Waals surface area (Å²) >= 11 is 0. The lowest BCUT2D eigenvalue weighted by molar-refractivity contribution is -0.126. The Bertz CT molecular complexity index is 912. The minimum atomic E-state index is -0.507. The average molecular weight is 393 g/mol. The number of benzene rings is 2. The van der Waals surface area contributed by atoms with Crippen molar-refractivity contribution >= 4 is 23.4 Å². The molecule has 1 heterocycles. The van der Waals surface area contributed by atoms with Gasteiger partial charge in [-0.15, -0.1) is 0 Å². The number of carbonyl (C=O) groups excluding carboxylic acids is 3. The third-order valence-electron chi connectivity index (χ3n) is 5.15. The van der Waals surface area contributed by atoms with Gasteiger partial charge in [0.25, 0.3) is 5.91 Å². The van der Waals surface area contributed by atoms with E-state index in [-0.39, 0.29) is 23.7 Å². The summed E-state index contributed by atoms with van der Waals surface area (Å²) in [4.78, 5) is 38.7. The highest BCUT2D eigenvalue weighted by Gasteiger charge is 2.35. The number of carbonyl (C=O) groups is 3. The Labute approximate surface area is 171 Å². The van der Waals surface area contributed by atoms with Crippen LogP contribution in [0.15, 0.2) is 48.5 Å². The van der Waals surface area contributed by atoms with E-state index in [9.17, 15) is 14.4 Å². The van der Waals surface area contributed by atoms with Gasteiger partial charge in [-0.25, -0.2) is 0 Å². The van der Waals surface area contributed by atoms with Gasteiger partial charge in [-0.2, -0.15) is 0 Å². The van der Waals surface area contributed by atoms with E-state index in [0.29, 0.717) is 12.1 Å². The molecule has 6 nitrogen and oxygen atoms in total. The van der Waals surface area contributed by atoms with Crippen molar-refractivity contribution in [1.82, 2.24) is 10.9 Å². The van der Waals surface area contributed by atoms with Gasteiger partial charge in [-0.05, 0) is 42.2 Å². The minimum Gasteiger partial charge on any atom is -0.312 e. The third kappa shape index (κ3) is 4.83. The monoisotopic (exact) mass is 393 g/mol. The van der Waals surface area contributed by atoms with Gasteiger partial charge in [0, 0.05) is 24.2 Å². The van der Waals surface area contributed by atoms with Crippen LogP contribution in [-0.4, -0.2) is 24.3 Å². The maximum Gasteiger partial charge on any atom is 0.269 e. The van der Waals surface area contributed by atoms with Crippen LogP contribution >= 0.6 is 0 Å². The Kier molecular flexibility index (Phi) is 5.73. The first-order valence-electron chi connectivity index (χ1n) is 9.73. The predicted molar refractivity (Wildman–Crippen MR) is 112 cm³/mol. The number of anilines is 1. The van der Waals surface area contributed by atoms with Gasteiger partial charge in [0.1, 0.15) is 0 Å². The van der Waals surface area contributed by atoms with Crippen molar-refractivity contribution in [2.75, 3.05) is 11.4 Å². The standard InChI is InChI=1S/C23H27N3O3/c1-15-5-11-19(12-6-15)26-14-17(13-20(26)27)22(29)25-24-21(28)16-7-9-18(10-8-16)23(2,3)4/h5-12,17H,13-14H2,1-4H3,(H,24,28)(H,25,29)/t17-/m0/s1. The highest BCUT2D eigenvalue weighted by molar-refractivity contribution is 6.01. The van der Waals surface area contributed by atoms with Crippen LogP contribution in [0.3, 0.4) is 0 Å². The molecule has 1 aliphatic heterocycles. The van der Waals surface area contributed by atoms with Gasteiger partial charge in [0.05, 0.1) is 5.92 Å². The molecule has 0 radical (unpaired) electrons. The molecule has 29 heavy (non-hydrogen) atoms. The summed E-state index contributed by atoms with van der Waals surface area (Å²) in [6.07, 6.45) is 0.121. The molecule has 152 valence electrons. The second-order valence-electron chi connectivity index (χ2n) is 8.51. The number of rotatable bonds is 3. The lowest BCUT2D eigenvalue weighted by atomic mass is 9.87. The van der Waals surface area contributed by atoms with Crippen LogP contribution in [-0.2, 0) is 15.0 Å². The second-order valence-corrected chi connectivity index (χ2v) is 8.51. The van der Waals surface area contributed by atoms with E-state index in [1.54, 1.807) is 17.0 Å². The number of hydrazine groups is 1. The van der Waals surface area contributed by atoms with E-state index >= 15 is 0 Å². The van der Waals surface area contributed by atoms with E-state index in [4.69, 9.17) is 0 Å². The normalized spacial score (nSPS) is 16.6. The van der Waals surface area contributed by atoms with Gasteiger partial charge in [0.2, 0.25) is 11.8 Å². The number of hydrogen-bond acceptors (Lipinski definition) is 3. The van der Waals surface area contributed by atoms with E-state index in [2.05, 4.69) is 31.6 Å². The van der Waals surface area contributed by atoms with Crippen molar-refractivity contribution in [2.45, 2.75) is 39.5 Å². The van der Waals surface area contributed by atoms with Gasteiger partial charge < -0.3 is 4.90 Å². The summed E-state index contributed by atoms with van der Waals surface area (Å²) in [6, 6.07) is 14.9. The van der Waals surface area contributed by atoms with Crippen LogP contribution in [0.25, 0.3) is 0 Å². The lowest BCUT2D eigenvalue weighted by Crippen LogP contribution is -2.45. The van der Waals surface area contributed by atoms with Crippen molar-refractivity contribution < 1.29 is 14.4 Å². The molecule has 1 saturated heterocycles. The Hall–Kier alpha value is -3.15. The quantitative estimate of drug-likeness (QED) is 0.787. The van der Waals surface area contributed by atoms with Crippen LogP contribution < -0.4 is 15.8 Å². The maximum absolute atomic E-state index is 12.4. The Morgan fingerprint density at radius 2 is 1.59 bits per heavy atom. The molecule has 6 heteroatoms. The topological polar surface area (TPSA) is 78.5 Å². The van der Waals surface area contributed by atoms with E-state index in [1.807, 2.05) is 43.3 Å². The number of hydrogen-bond donors (Lipinski definition) is 2. The summed E-state index contributed by atoms with van der Waals surface area (Å²) in [5.74, 6) is -1.36. The third-order valence-corrected chi connectivity index (χ3v) is 5.15. The molecule has 1 fully saturated rings. The molecule has 2 N–H and O–H groups in total. The first-order chi connectivity index (χ1) is 13.6. The molecule has 0 saturated carbocycles. The molecule has 0 aromatic heterocycles. The first-order valence-corrected chi connectivity index (χ1v) is 9.73. The Morgan fingerprint density at radius 3 is 2.17 bits per heavy atom. The molecule has 1 aliphatic rings. The molecule has 0 spiro atoms. The highest BCUT2D eigenvalue weighted by Crippen LogP contribution is 2.25. The zero-order valence-electron chi connectivity index (χ0n) is 17.3. The van der Waals surface area contributed by atoms with Crippen LogP contribution in [0.5, 0.6) is 0 Å². The van der Waals surface area contributed by atoms with Crippen molar-refractivity contribution in [3.05, 3.63) is 65.2 Å². The highest BCUT2D eigenvalue weighted by atomic mass is 16.2. The number of nitrogens with zero attached hydrogens (tertiary/aromatic N) is 1. The fourth-order valence-electron chi connectivity index (χ4n) is 3.27. The number of aryl methyl sites for hydroxylation is 1. The zero-order chi connectivity index (χ0) is 21.2. The number of nitrogens with one attached hydrogen (secondary N) is 2. The van der Waals surface area contributed by atoms with Crippen molar-refractivity contribution in [3.63, 3.8) is 0 Å². The molecule has 0 unspecified atom stereocenters. The fraction of sp³-hybridized carbons (Fsp3) is 0.348. The number of amides is 3. The van der Waals surface area contributed by atoms with Crippen molar-refractivity contribution in [3.8, 4) is 0 Å². The second kappa shape index (κ2) is 8.07. The molecule has 2 aromatic carbocycles. The van der Waals surface area contributed by atoms with Crippen LogP contribution in [0.4, 0.5) is 5.69 Å². The Balaban J connectivity index is 1.56. The summed E-state index contributed by atoms with van der Waals surface area (Å²) in [6.45, 7) is 8.58. The fourth-order valence-corrected chi connectivity index (χ4v) is 3.27. The summed E-state index contributed by atoms with van der Waals surface area (Å²) < 4.78 is 0. The molecule has 0 bridgehead atoms. The molecular weight excluding hydrogens is 366 g/mol. The maximum atomic E-state index is 12.4. The van der Waals surface area contributed by atoms with E-state index < -0.39 is 11.8 Å². The molecule has 3 amide bonds. The summed E-state index contributed by atoms with van der Waals surface area (Å²) in [5, 5.41) is 0. The molecule has 3 rings (SSSR count). The summed E-state index contributed by atoms with van der Waals surface area (Å²) in [7, 11) is 0. The predicted octanol–water partition coefficient (Wildman–Crippen LogP) is 3.11. The first kappa shape index (κ1) is 20.6. The van der Waals surface area contributed by atoms with Gasteiger partial charge in [0.15, 0.2) is 0 Å². The SMILES string of the molecule is Cc1ccc(N2C[C@@H](C(=O)NNC(=O)c3ccc(C(C)(C)C)cc3)CC2=O)cc1. The van der Waals surface area contributed by atoms with Gasteiger partial charge in [-0.3, -0.25) is 25.2 Å². The molecular formula is C23H27N3O3. The summed E-state index contributed by atoms with van der Waals surface area (Å²) in [5.41, 5.74) is 8.36. The van der Waals surface area contributed by atoms with Gasteiger partial charge in [-0.1, -0.05) is 50.6 Å². The molecule has 2 aromatic rings. The van der Waals surface area contributed by atoms with Crippen LogP contribution in [0.2, 0.25) is 0 Å². The minimum absolute atomic E-state index is 0.00154. The molecule has 1 atom stereocenters. The zero-order valence-corrected chi connectivity index (χ0v) is 17.3. The Morgan fingerprint density at radius 1 is 0.966 bits per heavy atom. The van der Waals surface area contributed by atoms with Gasteiger partial charge >= 0.3 is 0 Å². The van der Waals surface area contributed by atoms with Crippen molar-refractivity contribution in [2.24, 2.45) is 5.92 Å². The molecule has 0 aliphatic carbocycles. The van der Waals surface area contributed by atoms with Crippen LogP contribution in [0.1, 0.15) is 48.7 Å². The largest absolute Gasteiger partial charge is 0.312 e. The smallest absolute Gasteiger partial charge is 0.269 e.